The van der Waals surface area contributed by atoms with Crippen LogP contribution < -0.4 is 0 Å². The van der Waals surface area contributed by atoms with Gasteiger partial charge in [-0.2, -0.15) is 0 Å². The summed E-state index contributed by atoms with van der Waals surface area (Å²) in [5, 5.41) is 2.82. The fraction of sp³-hybridized carbons (Fsp3) is 0.463. The average Bonchev–Trinajstić information content (AvgIpc) is 3.82. The molecular formula is C41H48ClN5O4. The molecule has 2 aliphatic rings. The van der Waals surface area contributed by atoms with Crippen molar-refractivity contribution in [1.82, 2.24) is 24.8 Å². The third kappa shape index (κ3) is 7.36. The number of aromatic amines is 2. The number of nitrogens with one attached hydrogen (secondary N) is 2. The number of H-pyrrole nitrogens is 2. The van der Waals surface area contributed by atoms with Gasteiger partial charge in [0.05, 0.1) is 33.9 Å². The zero-order valence-corrected chi connectivity index (χ0v) is 31.4. The summed E-state index contributed by atoms with van der Waals surface area (Å²) in [4.78, 5) is 44.4. The summed E-state index contributed by atoms with van der Waals surface area (Å²) in [5.74, 6) is 1.41. The lowest BCUT2D eigenvalue weighted by Gasteiger charge is -2.39. The van der Waals surface area contributed by atoms with E-state index in [0.717, 1.165) is 87.9 Å². The number of hydrogen-bond donors (Lipinski definition) is 2. The van der Waals surface area contributed by atoms with Crippen LogP contribution in [0, 0.1) is 5.92 Å². The highest BCUT2D eigenvalue weighted by Gasteiger charge is 2.40. The highest BCUT2D eigenvalue weighted by Crippen LogP contribution is 2.41. The van der Waals surface area contributed by atoms with Gasteiger partial charge >= 0.3 is 12.1 Å². The van der Waals surface area contributed by atoms with Crippen LogP contribution >= 0.6 is 11.6 Å². The zero-order valence-electron chi connectivity index (χ0n) is 30.7. The van der Waals surface area contributed by atoms with Gasteiger partial charge in [-0.15, -0.1) is 0 Å². The summed E-state index contributed by atoms with van der Waals surface area (Å²) in [6.07, 6.45) is 6.07. The Morgan fingerprint density at radius 3 is 2.33 bits per heavy atom. The smallest absolute Gasteiger partial charge is 0.410 e. The Hall–Kier alpha value is -4.37. The van der Waals surface area contributed by atoms with E-state index < -0.39 is 11.2 Å². The first-order chi connectivity index (χ1) is 24.0. The molecule has 2 aromatic heterocycles. The summed E-state index contributed by atoms with van der Waals surface area (Å²) in [5.41, 5.74) is 4.18. The number of benzene rings is 3. The normalized spacial score (nSPS) is 21.4. The minimum Gasteiger partial charge on any atom is -0.460 e. The Bertz CT molecular complexity index is 2120. The largest absolute Gasteiger partial charge is 0.460 e. The number of imidazole rings is 2. The number of amides is 1. The van der Waals surface area contributed by atoms with Gasteiger partial charge in [0.15, 0.2) is 0 Å². The molecule has 1 aliphatic carbocycles. The number of hydrogen-bond acceptors (Lipinski definition) is 6. The van der Waals surface area contributed by atoms with Crippen LogP contribution in [0.15, 0.2) is 54.7 Å². The lowest BCUT2D eigenvalue weighted by molar-refractivity contribution is -0.160. The molecule has 2 N–H and O–H groups in total. The van der Waals surface area contributed by atoms with Crippen molar-refractivity contribution < 1.29 is 19.1 Å². The van der Waals surface area contributed by atoms with Gasteiger partial charge in [0.1, 0.15) is 22.9 Å². The summed E-state index contributed by atoms with van der Waals surface area (Å²) in [6, 6.07) is 16.7. The van der Waals surface area contributed by atoms with Crippen molar-refractivity contribution in [3.05, 3.63) is 71.4 Å². The van der Waals surface area contributed by atoms with Crippen LogP contribution in [-0.4, -0.2) is 61.2 Å². The maximum atomic E-state index is 12.9. The lowest BCUT2D eigenvalue weighted by Crippen LogP contribution is -2.49. The van der Waals surface area contributed by atoms with Gasteiger partial charge in [-0.3, -0.25) is 4.79 Å². The van der Waals surface area contributed by atoms with E-state index in [2.05, 4.69) is 53.3 Å². The fourth-order valence-electron chi connectivity index (χ4n) is 7.65. The van der Waals surface area contributed by atoms with Gasteiger partial charge in [0.25, 0.3) is 0 Å². The quantitative estimate of drug-likeness (QED) is 0.176. The maximum Gasteiger partial charge on any atom is 0.410 e. The molecule has 0 spiro atoms. The van der Waals surface area contributed by atoms with Gasteiger partial charge in [0, 0.05) is 35.5 Å². The van der Waals surface area contributed by atoms with Crippen LogP contribution in [0.25, 0.3) is 44.2 Å². The molecule has 1 saturated carbocycles. The minimum atomic E-state index is -0.545. The van der Waals surface area contributed by atoms with E-state index in [-0.39, 0.29) is 29.3 Å². The topological polar surface area (TPSA) is 113 Å². The average molecular weight is 710 g/mol. The van der Waals surface area contributed by atoms with Crippen LogP contribution in [0.5, 0.6) is 0 Å². The van der Waals surface area contributed by atoms with E-state index in [0.29, 0.717) is 18.1 Å². The van der Waals surface area contributed by atoms with Gasteiger partial charge in [0.2, 0.25) is 0 Å². The number of aromatic nitrogens is 4. The first-order valence-electron chi connectivity index (χ1n) is 18.1. The third-order valence-corrected chi connectivity index (χ3v) is 10.4. The van der Waals surface area contributed by atoms with Gasteiger partial charge in [-0.05, 0) is 108 Å². The van der Waals surface area contributed by atoms with E-state index in [1.807, 2.05) is 59.9 Å². The predicted octanol–water partition coefficient (Wildman–Crippen LogP) is 9.94. The highest BCUT2D eigenvalue weighted by molar-refractivity contribution is 6.34. The number of fused-ring (bicyclic) bond motifs is 2. The van der Waals surface area contributed by atoms with Gasteiger partial charge in [-0.1, -0.05) is 49.2 Å². The van der Waals surface area contributed by atoms with Crippen molar-refractivity contribution in [3.8, 4) is 22.4 Å². The number of carbonyl (C=O) groups excluding carboxylic acids is 2. The number of nitrogens with zero attached hydrogens (tertiary/aromatic N) is 3. The lowest BCUT2D eigenvalue weighted by atomic mass is 9.81. The molecular weight excluding hydrogens is 662 g/mol. The predicted molar refractivity (Wildman–Crippen MR) is 202 cm³/mol. The third-order valence-electron chi connectivity index (χ3n) is 10.1. The van der Waals surface area contributed by atoms with Crippen molar-refractivity contribution in [2.24, 2.45) is 5.92 Å². The molecule has 0 bridgehead atoms. The van der Waals surface area contributed by atoms with Crippen LogP contribution in [-0.2, 0) is 19.7 Å². The van der Waals surface area contributed by atoms with Crippen LogP contribution in [0.3, 0.4) is 0 Å². The summed E-state index contributed by atoms with van der Waals surface area (Å²) in [6.45, 7) is 14.7. The zero-order chi connectivity index (χ0) is 36.3. The van der Waals surface area contributed by atoms with E-state index in [4.69, 9.17) is 31.0 Å². The number of esters is 1. The van der Waals surface area contributed by atoms with E-state index >= 15 is 0 Å². The number of carbonyl (C=O) groups is 2. The number of halogens is 1. The molecule has 51 heavy (non-hydrogen) atoms. The molecule has 3 heterocycles. The standard InChI is InChI=1S/C41H48ClN5O4/c1-39(2,3)50-36(48)29-11-8-10-28(29)35-43-22-34(44-35)27-15-13-24-18-26(14-12-25(24)19-27)30-20-32-33(21-31(30)42)46-37(45-32)41(7)16-9-17-47(23-41)38(49)51-40(4,5)6/h12-15,18-22,28-29H,8-11,16-17,23H2,1-7H3,(H,43,44)(H,45,46). The number of piperidine rings is 1. The van der Waals surface area contributed by atoms with Crippen molar-refractivity contribution in [2.45, 2.75) is 103 Å². The molecule has 3 aromatic carbocycles. The summed E-state index contributed by atoms with van der Waals surface area (Å²) >= 11 is 6.91. The molecule has 7 rings (SSSR count). The molecule has 1 aliphatic heterocycles. The van der Waals surface area contributed by atoms with Crippen LogP contribution in [0.4, 0.5) is 4.79 Å². The molecule has 0 radical (unpaired) electrons. The Labute approximate surface area is 304 Å². The molecule has 1 saturated heterocycles. The molecule has 2 fully saturated rings. The van der Waals surface area contributed by atoms with Gasteiger partial charge in [-0.25, -0.2) is 14.8 Å². The fourth-order valence-corrected chi connectivity index (χ4v) is 7.92. The number of ether oxygens (including phenoxy) is 2. The molecule has 5 aromatic rings. The minimum absolute atomic E-state index is 0.0294. The van der Waals surface area contributed by atoms with Crippen molar-refractivity contribution in [3.63, 3.8) is 0 Å². The molecule has 1 amide bonds. The molecule has 9 nitrogen and oxygen atoms in total. The Kier molecular flexibility index (Phi) is 8.93. The Morgan fingerprint density at radius 1 is 0.902 bits per heavy atom. The summed E-state index contributed by atoms with van der Waals surface area (Å²) < 4.78 is 11.4. The van der Waals surface area contributed by atoms with Crippen LogP contribution in [0.2, 0.25) is 5.02 Å². The van der Waals surface area contributed by atoms with Crippen molar-refractivity contribution >= 4 is 45.5 Å². The number of rotatable bonds is 5. The van der Waals surface area contributed by atoms with Crippen LogP contribution in [0.1, 0.15) is 98.1 Å². The second kappa shape index (κ2) is 13.0. The number of likely N-dealkylation sites (tertiary alicyclic amines) is 1. The molecule has 268 valence electrons. The second-order valence-corrected chi connectivity index (χ2v) is 17.0. The van der Waals surface area contributed by atoms with Crippen molar-refractivity contribution in [2.75, 3.05) is 13.1 Å². The molecule has 10 heteroatoms. The first-order valence-corrected chi connectivity index (χ1v) is 18.4. The van der Waals surface area contributed by atoms with E-state index in [1.54, 1.807) is 4.90 Å². The monoisotopic (exact) mass is 709 g/mol. The molecule has 3 unspecified atom stereocenters. The maximum absolute atomic E-state index is 12.9. The Morgan fingerprint density at radius 2 is 1.61 bits per heavy atom. The van der Waals surface area contributed by atoms with E-state index in [1.165, 1.54) is 0 Å². The summed E-state index contributed by atoms with van der Waals surface area (Å²) in [7, 11) is 0. The SMILES string of the molecule is CC(C)(C)OC(=O)C1CCCC1c1ncc(-c2ccc3cc(-c4cc5nc(C6(C)CCCN(C(=O)OC(C)(C)C)C6)[nH]c5cc4Cl)ccc3c2)[nH]1. The Balaban J connectivity index is 1.11. The first kappa shape index (κ1) is 35.1. The molecule has 3 atom stereocenters. The van der Waals surface area contributed by atoms with Gasteiger partial charge < -0.3 is 24.3 Å². The van der Waals surface area contributed by atoms with Crippen molar-refractivity contribution in [1.29, 1.82) is 0 Å². The van der Waals surface area contributed by atoms with E-state index in [9.17, 15) is 9.59 Å². The second-order valence-electron chi connectivity index (χ2n) is 16.6. The highest BCUT2D eigenvalue weighted by atomic mass is 35.5.